The van der Waals surface area contributed by atoms with Crippen LogP contribution in [0.1, 0.15) is 98.8 Å². The van der Waals surface area contributed by atoms with Gasteiger partial charge in [-0.1, -0.05) is 50.0 Å². The molecular weight excluding hydrogens is 358 g/mol. The zero-order valence-electron chi connectivity index (χ0n) is 19.7. The second-order valence-corrected chi connectivity index (χ2v) is 11.0. The Morgan fingerprint density at radius 2 is 1.90 bits per heavy atom. The van der Waals surface area contributed by atoms with Gasteiger partial charge in [0.2, 0.25) is 0 Å². The van der Waals surface area contributed by atoms with Gasteiger partial charge in [0.15, 0.2) is 0 Å². The lowest BCUT2D eigenvalue weighted by atomic mass is 9.87. The summed E-state index contributed by atoms with van der Waals surface area (Å²) in [4.78, 5) is 0. The minimum atomic E-state index is -0.615. The van der Waals surface area contributed by atoms with Crippen LogP contribution in [-0.2, 0) is 0 Å². The van der Waals surface area contributed by atoms with Gasteiger partial charge in [0.1, 0.15) is 0 Å². The molecule has 2 rings (SSSR count). The van der Waals surface area contributed by atoms with Gasteiger partial charge in [-0.05, 0) is 91.0 Å². The van der Waals surface area contributed by atoms with Crippen LogP contribution in [0.4, 0.5) is 0 Å². The Labute approximate surface area is 180 Å². The first-order valence-electron chi connectivity index (χ1n) is 12.1. The summed E-state index contributed by atoms with van der Waals surface area (Å²) in [5.41, 5.74) is 1.22. The lowest BCUT2D eigenvalue weighted by Crippen LogP contribution is -2.36. The van der Waals surface area contributed by atoms with Crippen molar-refractivity contribution in [2.24, 2.45) is 17.8 Å². The highest BCUT2D eigenvalue weighted by molar-refractivity contribution is 5.20. The lowest BCUT2D eigenvalue weighted by molar-refractivity contribution is 0.0513. The highest BCUT2D eigenvalue weighted by Gasteiger charge is 2.43. The molecule has 0 unspecified atom stereocenters. The first-order valence-corrected chi connectivity index (χ1v) is 12.1. The number of nitrogens with one attached hydrogen (secondary N) is 1. The summed E-state index contributed by atoms with van der Waals surface area (Å²) in [6.07, 6.45) is 17.4. The van der Waals surface area contributed by atoms with Crippen LogP contribution in [0.25, 0.3) is 0 Å². The standard InChI is InChI=1S/C26H47NO2/c1-6-7-14-26(5,29)15-11-13-22-23-18-20(17-21(23)19-24(22)28)12-9-8-10-16-27-25(2,3)4/h11,13,17,21-24,27-29H,6-10,12,14-16,18-19H2,1-5H3/b13-11+/t21-,22+,23-,24+,26-/m0/s1. The number of hydrogen-bond acceptors (Lipinski definition) is 3. The summed E-state index contributed by atoms with van der Waals surface area (Å²) in [5.74, 6) is 1.38. The molecule has 3 heteroatoms. The summed E-state index contributed by atoms with van der Waals surface area (Å²) < 4.78 is 0. The van der Waals surface area contributed by atoms with Gasteiger partial charge in [0, 0.05) is 11.5 Å². The number of unbranched alkanes of at least 4 members (excludes halogenated alkanes) is 3. The van der Waals surface area contributed by atoms with Gasteiger partial charge in [0.05, 0.1) is 11.7 Å². The van der Waals surface area contributed by atoms with Gasteiger partial charge >= 0.3 is 0 Å². The smallest absolute Gasteiger partial charge is 0.0654 e. The summed E-state index contributed by atoms with van der Waals surface area (Å²) in [5, 5.41) is 24.6. The van der Waals surface area contributed by atoms with Crippen LogP contribution in [0.15, 0.2) is 23.8 Å². The first kappa shape index (κ1) is 24.6. The third-order valence-corrected chi connectivity index (χ3v) is 6.76. The maximum Gasteiger partial charge on any atom is 0.0654 e. The second kappa shape index (κ2) is 11.1. The van der Waals surface area contributed by atoms with Gasteiger partial charge in [-0.3, -0.25) is 0 Å². The number of fused-ring (bicyclic) bond motifs is 1. The summed E-state index contributed by atoms with van der Waals surface area (Å²) >= 11 is 0. The Kier molecular flexibility index (Phi) is 9.44. The Morgan fingerprint density at radius 3 is 2.59 bits per heavy atom. The SMILES string of the molecule is CCCC[C@](C)(O)C/C=C/[C@@H]1[C@H]2CC(CCCCCNC(C)(C)C)=C[C@H]2C[C@H]1O. The molecular formula is C26H47NO2. The van der Waals surface area contributed by atoms with Crippen LogP contribution >= 0.6 is 0 Å². The monoisotopic (exact) mass is 405 g/mol. The number of rotatable bonds is 12. The molecule has 2 aliphatic rings. The fourth-order valence-corrected chi connectivity index (χ4v) is 5.05. The summed E-state index contributed by atoms with van der Waals surface area (Å²) in [6, 6.07) is 0. The van der Waals surface area contributed by atoms with Crippen LogP contribution < -0.4 is 5.32 Å². The molecule has 168 valence electrons. The minimum absolute atomic E-state index is 0.219. The molecule has 0 aromatic heterocycles. The molecule has 0 aromatic carbocycles. The van der Waals surface area contributed by atoms with E-state index in [-0.39, 0.29) is 17.6 Å². The molecule has 29 heavy (non-hydrogen) atoms. The largest absolute Gasteiger partial charge is 0.392 e. The first-order chi connectivity index (χ1) is 13.6. The zero-order valence-corrected chi connectivity index (χ0v) is 19.7. The van der Waals surface area contributed by atoms with E-state index in [0.717, 1.165) is 38.6 Å². The molecule has 1 saturated carbocycles. The zero-order chi connectivity index (χ0) is 21.5. The lowest BCUT2D eigenvalue weighted by Gasteiger charge is -2.22. The minimum Gasteiger partial charge on any atom is -0.392 e. The van der Waals surface area contributed by atoms with E-state index in [9.17, 15) is 10.2 Å². The predicted molar refractivity (Wildman–Crippen MR) is 124 cm³/mol. The molecule has 1 fully saturated rings. The molecule has 0 spiro atoms. The van der Waals surface area contributed by atoms with Gasteiger partial charge < -0.3 is 15.5 Å². The highest BCUT2D eigenvalue weighted by atomic mass is 16.3. The van der Waals surface area contributed by atoms with Crippen molar-refractivity contribution in [3.63, 3.8) is 0 Å². The van der Waals surface area contributed by atoms with Crippen LogP contribution in [0.2, 0.25) is 0 Å². The van der Waals surface area contributed by atoms with Gasteiger partial charge in [0.25, 0.3) is 0 Å². The van der Waals surface area contributed by atoms with Crippen molar-refractivity contribution in [3.05, 3.63) is 23.8 Å². The van der Waals surface area contributed by atoms with Gasteiger partial charge in [-0.15, -0.1) is 0 Å². The normalized spacial score (nSPS) is 29.3. The third-order valence-electron chi connectivity index (χ3n) is 6.76. The van der Waals surface area contributed by atoms with E-state index in [1.165, 1.54) is 25.7 Å². The molecule has 0 bridgehead atoms. The van der Waals surface area contributed by atoms with E-state index in [1.54, 1.807) is 5.57 Å². The number of allylic oxidation sites excluding steroid dienone is 2. The van der Waals surface area contributed by atoms with E-state index in [2.05, 4.69) is 51.2 Å². The van der Waals surface area contributed by atoms with Crippen molar-refractivity contribution in [3.8, 4) is 0 Å². The molecule has 3 nitrogen and oxygen atoms in total. The molecule has 0 amide bonds. The highest BCUT2D eigenvalue weighted by Crippen LogP contribution is 2.48. The molecule has 0 radical (unpaired) electrons. The van der Waals surface area contributed by atoms with E-state index >= 15 is 0 Å². The van der Waals surface area contributed by atoms with E-state index in [4.69, 9.17) is 0 Å². The number of aliphatic hydroxyl groups excluding tert-OH is 1. The second-order valence-electron chi connectivity index (χ2n) is 11.0. The van der Waals surface area contributed by atoms with Crippen LogP contribution in [0, 0.1) is 17.8 Å². The van der Waals surface area contributed by atoms with Crippen molar-refractivity contribution in [1.29, 1.82) is 0 Å². The molecule has 0 heterocycles. The Morgan fingerprint density at radius 1 is 1.14 bits per heavy atom. The fraction of sp³-hybridized carbons (Fsp3) is 0.846. The Hall–Kier alpha value is -0.640. The van der Waals surface area contributed by atoms with Crippen LogP contribution in [0.5, 0.6) is 0 Å². The summed E-state index contributed by atoms with van der Waals surface area (Å²) in [7, 11) is 0. The molecule has 5 atom stereocenters. The molecule has 2 aliphatic carbocycles. The van der Waals surface area contributed by atoms with E-state index in [0.29, 0.717) is 18.3 Å². The van der Waals surface area contributed by atoms with E-state index < -0.39 is 5.60 Å². The molecule has 0 saturated heterocycles. The quantitative estimate of drug-likeness (QED) is 0.285. The molecule has 0 aromatic rings. The Bertz CT molecular complexity index is 543. The fourth-order valence-electron chi connectivity index (χ4n) is 5.05. The number of hydrogen-bond donors (Lipinski definition) is 3. The van der Waals surface area contributed by atoms with Crippen molar-refractivity contribution in [1.82, 2.24) is 5.32 Å². The van der Waals surface area contributed by atoms with Crippen LogP contribution in [0.3, 0.4) is 0 Å². The van der Waals surface area contributed by atoms with Gasteiger partial charge in [-0.2, -0.15) is 0 Å². The topological polar surface area (TPSA) is 52.5 Å². The average Bonchev–Trinajstić information content (AvgIpc) is 3.13. The van der Waals surface area contributed by atoms with Crippen LogP contribution in [-0.4, -0.2) is 34.0 Å². The van der Waals surface area contributed by atoms with E-state index in [1.807, 2.05) is 6.92 Å². The predicted octanol–water partition coefficient (Wildman–Crippen LogP) is 5.77. The summed E-state index contributed by atoms with van der Waals surface area (Å²) in [6.45, 7) is 11.9. The van der Waals surface area contributed by atoms with Crippen molar-refractivity contribution in [2.75, 3.05) is 6.54 Å². The van der Waals surface area contributed by atoms with Crippen molar-refractivity contribution >= 4 is 0 Å². The maximum absolute atomic E-state index is 10.5. The van der Waals surface area contributed by atoms with Gasteiger partial charge in [-0.25, -0.2) is 0 Å². The molecule has 0 aliphatic heterocycles. The average molecular weight is 406 g/mol. The Balaban J connectivity index is 1.72. The van der Waals surface area contributed by atoms with Crippen molar-refractivity contribution in [2.45, 2.75) is 116 Å². The molecule has 3 N–H and O–H groups in total. The number of aliphatic hydroxyl groups is 2. The third kappa shape index (κ3) is 8.55. The van der Waals surface area contributed by atoms with Crippen molar-refractivity contribution < 1.29 is 10.2 Å². The maximum atomic E-state index is 10.5.